The molecule has 10 heteroatoms. The number of anilines is 1. The van der Waals surface area contributed by atoms with E-state index in [1.165, 1.54) is 0 Å². The standard InChI is InChI=1S/C27H36N8O2/c1-30-11-4-14-37-23-6-2-5-20(15-23)24-16-21-18-35(27(36)34-25(21)33-24)22-9-7-19(8-10-22)17-31-12-3-13-32-26(28)29/h2,5-10,15-16,18,25,30-31,33H,3-4,11-14,17H2,1H3,(H,34,36)(H4,28,29,32). The van der Waals surface area contributed by atoms with Gasteiger partial charge in [-0.25, -0.2) is 4.79 Å². The maximum absolute atomic E-state index is 12.9. The number of hydrogen-bond donors (Lipinski definition) is 6. The number of carbonyl (C=O) groups is 1. The zero-order valence-electron chi connectivity index (χ0n) is 21.2. The predicted octanol–water partition coefficient (Wildman–Crippen LogP) is 1.81. The Bertz CT molecular complexity index is 1160. The highest BCUT2D eigenvalue weighted by atomic mass is 16.5. The van der Waals surface area contributed by atoms with E-state index in [0.717, 1.165) is 66.3 Å². The van der Waals surface area contributed by atoms with E-state index < -0.39 is 0 Å². The van der Waals surface area contributed by atoms with Gasteiger partial charge in [-0.2, -0.15) is 0 Å². The van der Waals surface area contributed by atoms with Crippen LogP contribution in [0.4, 0.5) is 10.5 Å². The van der Waals surface area contributed by atoms with Crippen LogP contribution in [0.15, 0.2) is 71.4 Å². The second-order valence-electron chi connectivity index (χ2n) is 8.92. The molecular formula is C27H36N8O2. The fourth-order valence-corrected chi connectivity index (χ4v) is 4.13. The largest absolute Gasteiger partial charge is 0.494 e. The molecule has 2 aliphatic heterocycles. The van der Waals surface area contributed by atoms with E-state index in [4.69, 9.17) is 16.2 Å². The zero-order valence-corrected chi connectivity index (χ0v) is 21.2. The summed E-state index contributed by atoms with van der Waals surface area (Å²) in [7, 11) is 1.93. The second-order valence-corrected chi connectivity index (χ2v) is 8.92. The molecule has 2 heterocycles. The Labute approximate surface area is 217 Å². The lowest BCUT2D eigenvalue weighted by Crippen LogP contribution is -2.51. The van der Waals surface area contributed by atoms with Gasteiger partial charge in [0.15, 0.2) is 5.96 Å². The summed E-state index contributed by atoms with van der Waals surface area (Å²) in [4.78, 5) is 18.5. The molecular weight excluding hydrogens is 468 g/mol. The number of nitrogens with zero attached hydrogens (tertiary/aromatic N) is 2. The summed E-state index contributed by atoms with van der Waals surface area (Å²) in [6.45, 7) is 3.72. The lowest BCUT2D eigenvalue weighted by atomic mass is 10.1. The normalized spacial score (nSPS) is 16.3. The number of amides is 2. The van der Waals surface area contributed by atoms with Gasteiger partial charge in [-0.3, -0.25) is 9.89 Å². The number of hydrogen-bond acceptors (Lipinski definition) is 6. The van der Waals surface area contributed by atoms with Gasteiger partial charge in [-0.05, 0) is 68.9 Å². The number of aliphatic imine (C=N–C) groups is 1. The molecule has 0 spiro atoms. The van der Waals surface area contributed by atoms with Crippen LogP contribution in [0.25, 0.3) is 5.70 Å². The first-order valence-electron chi connectivity index (χ1n) is 12.6. The van der Waals surface area contributed by atoms with Gasteiger partial charge in [-0.15, -0.1) is 0 Å². The first-order valence-corrected chi connectivity index (χ1v) is 12.6. The van der Waals surface area contributed by atoms with E-state index >= 15 is 0 Å². The molecule has 4 rings (SSSR count). The van der Waals surface area contributed by atoms with Crippen molar-refractivity contribution in [3.8, 4) is 5.75 Å². The highest BCUT2D eigenvalue weighted by Crippen LogP contribution is 2.29. The number of urea groups is 1. The molecule has 10 nitrogen and oxygen atoms in total. The lowest BCUT2D eigenvalue weighted by molar-refractivity contribution is 0.244. The van der Waals surface area contributed by atoms with E-state index in [9.17, 15) is 4.79 Å². The van der Waals surface area contributed by atoms with Crippen LogP contribution < -0.4 is 42.4 Å². The Morgan fingerprint density at radius 1 is 1.11 bits per heavy atom. The van der Waals surface area contributed by atoms with Crippen molar-refractivity contribution in [2.24, 2.45) is 16.5 Å². The molecule has 0 fully saturated rings. The maximum atomic E-state index is 12.9. The Balaban J connectivity index is 1.36. The Morgan fingerprint density at radius 2 is 1.95 bits per heavy atom. The van der Waals surface area contributed by atoms with E-state index in [2.05, 4.69) is 32.3 Å². The lowest BCUT2D eigenvalue weighted by Gasteiger charge is -2.29. The van der Waals surface area contributed by atoms with Gasteiger partial charge in [0.2, 0.25) is 0 Å². The third kappa shape index (κ3) is 7.25. The van der Waals surface area contributed by atoms with Crippen LogP contribution in [0.3, 0.4) is 0 Å². The molecule has 0 aromatic heterocycles. The van der Waals surface area contributed by atoms with E-state index in [0.29, 0.717) is 13.2 Å². The van der Waals surface area contributed by atoms with E-state index in [1.807, 2.05) is 61.8 Å². The topological polar surface area (TPSA) is 142 Å². The molecule has 0 saturated heterocycles. The van der Waals surface area contributed by atoms with Crippen molar-refractivity contribution in [2.45, 2.75) is 25.6 Å². The molecule has 1 atom stereocenters. The summed E-state index contributed by atoms with van der Waals surface area (Å²) >= 11 is 0. The van der Waals surface area contributed by atoms with Crippen molar-refractivity contribution in [1.29, 1.82) is 0 Å². The number of ether oxygens (including phenoxy) is 1. The maximum Gasteiger partial charge on any atom is 0.327 e. The highest BCUT2D eigenvalue weighted by molar-refractivity contribution is 5.96. The number of benzene rings is 2. The minimum Gasteiger partial charge on any atom is -0.494 e. The van der Waals surface area contributed by atoms with Crippen LogP contribution in [-0.4, -0.2) is 51.4 Å². The van der Waals surface area contributed by atoms with Crippen molar-refractivity contribution in [3.05, 3.63) is 77.5 Å². The van der Waals surface area contributed by atoms with E-state index in [1.54, 1.807) is 4.90 Å². The fraction of sp³-hybridized carbons (Fsp3) is 0.333. The number of fused-ring (bicyclic) bond motifs is 1. The van der Waals surface area contributed by atoms with Crippen LogP contribution in [0.5, 0.6) is 5.75 Å². The van der Waals surface area contributed by atoms with Crippen molar-refractivity contribution >= 4 is 23.4 Å². The third-order valence-corrected chi connectivity index (χ3v) is 6.04. The smallest absolute Gasteiger partial charge is 0.327 e. The number of nitrogens with one attached hydrogen (secondary N) is 4. The highest BCUT2D eigenvalue weighted by Gasteiger charge is 2.31. The first-order chi connectivity index (χ1) is 18.0. The quantitative estimate of drug-likeness (QED) is 0.139. The number of guanidine groups is 1. The van der Waals surface area contributed by atoms with Gasteiger partial charge in [0.25, 0.3) is 0 Å². The minimum atomic E-state index is -0.263. The van der Waals surface area contributed by atoms with Gasteiger partial charge >= 0.3 is 6.03 Å². The Kier molecular flexibility index (Phi) is 9.01. The SMILES string of the molecule is CNCCCOc1cccc(C2=CC3=CN(c4ccc(CNCCCN=C(N)N)cc4)C(=O)NC3N2)c1. The summed E-state index contributed by atoms with van der Waals surface area (Å²) < 4.78 is 5.87. The summed E-state index contributed by atoms with van der Waals surface area (Å²) in [5.41, 5.74) is 15.5. The predicted molar refractivity (Wildman–Crippen MR) is 148 cm³/mol. The van der Waals surface area contributed by atoms with Gasteiger partial charge in [-0.1, -0.05) is 24.3 Å². The fourth-order valence-electron chi connectivity index (χ4n) is 4.13. The van der Waals surface area contributed by atoms with Gasteiger partial charge in [0.05, 0.1) is 12.3 Å². The van der Waals surface area contributed by atoms with Crippen molar-refractivity contribution in [1.82, 2.24) is 21.3 Å². The van der Waals surface area contributed by atoms with Gasteiger partial charge in [0, 0.05) is 36.1 Å². The van der Waals surface area contributed by atoms with Crippen LogP contribution in [0, 0.1) is 0 Å². The molecule has 0 radical (unpaired) electrons. The molecule has 1 unspecified atom stereocenters. The Hall–Kier alpha value is -4.02. The molecule has 0 aliphatic carbocycles. The number of nitrogens with two attached hydrogens (primary N) is 2. The second kappa shape index (κ2) is 12.8. The van der Waals surface area contributed by atoms with Gasteiger partial charge in [0.1, 0.15) is 11.9 Å². The molecule has 2 amide bonds. The van der Waals surface area contributed by atoms with Gasteiger partial charge < -0.3 is 37.5 Å². The van der Waals surface area contributed by atoms with Crippen molar-refractivity contribution < 1.29 is 9.53 Å². The minimum absolute atomic E-state index is 0.119. The van der Waals surface area contributed by atoms with Crippen LogP contribution in [-0.2, 0) is 6.54 Å². The number of rotatable bonds is 13. The Morgan fingerprint density at radius 3 is 2.73 bits per heavy atom. The summed E-state index contributed by atoms with van der Waals surface area (Å²) in [5.74, 6) is 0.947. The molecule has 0 saturated carbocycles. The molecule has 0 bridgehead atoms. The van der Waals surface area contributed by atoms with Crippen LogP contribution in [0.2, 0.25) is 0 Å². The van der Waals surface area contributed by atoms with Crippen molar-refractivity contribution in [2.75, 3.05) is 38.2 Å². The van der Waals surface area contributed by atoms with E-state index in [-0.39, 0.29) is 18.2 Å². The molecule has 196 valence electrons. The third-order valence-electron chi connectivity index (χ3n) is 6.04. The molecule has 2 aromatic carbocycles. The molecule has 8 N–H and O–H groups in total. The van der Waals surface area contributed by atoms with Crippen LogP contribution >= 0.6 is 0 Å². The van der Waals surface area contributed by atoms with Crippen molar-refractivity contribution in [3.63, 3.8) is 0 Å². The number of carbonyl (C=O) groups excluding carboxylic acids is 1. The average molecular weight is 505 g/mol. The monoisotopic (exact) mass is 504 g/mol. The summed E-state index contributed by atoms with van der Waals surface area (Å²) in [6.07, 6.45) is 5.49. The summed E-state index contributed by atoms with van der Waals surface area (Å²) in [6, 6.07) is 15.8. The first kappa shape index (κ1) is 26.1. The zero-order chi connectivity index (χ0) is 26.0. The van der Waals surface area contributed by atoms with Crippen LogP contribution in [0.1, 0.15) is 24.0 Å². The molecule has 2 aromatic rings. The summed E-state index contributed by atoms with van der Waals surface area (Å²) in [5, 5.41) is 12.9. The average Bonchev–Trinajstić information content (AvgIpc) is 3.31. The molecule has 37 heavy (non-hydrogen) atoms. The molecule has 2 aliphatic rings.